The summed E-state index contributed by atoms with van der Waals surface area (Å²) in [4.78, 5) is 10.4. The number of rotatable bonds is 5. The minimum Gasteiger partial charge on any atom is -0.481 e. The Morgan fingerprint density at radius 1 is 1.42 bits per heavy atom. The molecule has 0 aliphatic heterocycles. The van der Waals surface area contributed by atoms with Crippen LogP contribution in [0.2, 0.25) is 0 Å². The van der Waals surface area contributed by atoms with Crippen molar-refractivity contribution >= 4 is 5.97 Å². The molecule has 0 rings (SSSR count). The summed E-state index contributed by atoms with van der Waals surface area (Å²) in [6, 6.07) is 0. The molecule has 2 heteroatoms. The first-order valence-corrected chi connectivity index (χ1v) is 4.43. The lowest BCUT2D eigenvalue weighted by molar-refractivity contribution is -0.139. The van der Waals surface area contributed by atoms with E-state index in [9.17, 15) is 4.79 Å². The fraction of sp³-hybridized carbons (Fsp3) is 0.700. The van der Waals surface area contributed by atoms with Crippen LogP contribution in [0.15, 0.2) is 12.2 Å². The molecule has 1 N–H and O–H groups in total. The number of hydrogen-bond acceptors (Lipinski definition) is 1. The molecule has 70 valence electrons. The van der Waals surface area contributed by atoms with E-state index < -0.39 is 5.97 Å². The molecule has 0 fully saturated rings. The van der Waals surface area contributed by atoms with Crippen LogP contribution in [0.5, 0.6) is 0 Å². The zero-order valence-electron chi connectivity index (χ0n) is 8.08. The molecule has 0 bridgehead atoms. The van der Waals surface area contributed by atoms with Gasteiger partial charge in [-0.05, 0) is 25.7 Å². The average Bonchev–Trinajstić information content (AvgIpc) is 1.97. The highest BCUT2D eigenvalue weighted by atomic mass is 16.4. The van der Waals surface area contributed by atoms with Crippen molar-refractivity contribution in [2.45, 2.75) is 33.6 Å². The molecule has 0 spiro atoms. The Bertz CT molecular complexity index is 159. The maximum Gasteiger partial charge on any atom is 0.310 e. The van der Waals surface area contributed by atoms with Crippen molar-refractivity contribution in [2.75, 3.05) is 0 Å². The van der Waals surface area contributed by atoms with E-state index in [1.165, 1.54) is 0 Å². The minimum absolute atomic E-state index is 0.350. The summed E-state index contributed by atoms with van der Waals surface area (Å²) in [5.41, 5.74) is 0. The van der Waals surface area contributed by atoms with E-state index >= 15 is 0 Å². The van der Waals surface area contributed by atoms with E-state index in [0.717, 1.165) is 12.8 Å². The smallest absolute Gasteiger partial charge is 0.310 e. The van der Waals surface area contributed by atoms with Gasteiger partial charge in [0.15, 0.2) is 0 Å². The van der Waals surface area contributed by atoms with Crippen LogP contribution in [0.1, 0.15) is 33.6 Å². The number of hydrogen-bond donors (Lipinski definition) is 1. The second kappa shape index (κ2) is 5.81. The summed E-state index contributed by atoms with van der Waals surface area (Å²) in [5.74, 6) is -0.414. The van der Waals surface area contributed by atoms with E-state index in [4.69, 9.17) is 5.11 Å². The molecule has 0 aliphatic carbocycles. The second-order valence-corrected chi connectivity index (χ2v) is 3.53. The predicted molar refractivity (Wildman–Crippen MR) is 50.0 cm³/mol. The molecule has 0 aliphatic rings. The average molecular weight is 170 g/mol. The Hall–Kier alpha value is -0.790. The summed E-state index contributed by atoms with van der Waals surface area (Å²) < 4.78 is 0. The van der Waals surface area contributed by atoms with E-state index in [-0.39, 0.29) is 5.92 Å². The van der Waals surface area contributed by atoms with Crippen LogP contribution in [-0.4, -0.2) is 11.1 Å². The van der Waals surface area contributed by atoms with E-state index in [1.54, 1.807) is 13.0 Å². The van der Waals surface area contributed by atoms with Gasteiger partial charge in [-0.2, -0.15) is 0 Å². The highest BCUT2D eigenvalue weighted by Gasteiger charge is 2.04. The first-order chi connectivity index (χ1) is 5.54. The molecule has 0 aromatic heterocycles. The van der Waals surface area contributed by atoms with Gasteiger partial charge in [0.1, 0.15) is 0 Å². The summed E-state index contributed by atoms with van der Waals surface area (Å²) in [6.45, 7) is 6.01. The fourth-order valence-corrected chi connectivity index (χ4v) is 0.812. The molecule has 0 heterocycles. The Morgan fingerprint density at radius 3 is 2.42 bits per heavy atom. The third kappa shape index (κ3) is 5.96. The number of carboxylic acid groups (broad SMARTS) is 1. The van der Waals surface area contributed by atoms with Gasteiger partial charge in [0.05, 0.1) is 5.92 Å². The quantitative estimate of drug-likeness (QED) is 0.644. The van der Waals surface area contributed by atoms with Crippen LogP contribution in [0.4, 0.5) is 0 Å². The van der Waals surface area contributed by atoms with E-state index in [2.05, 4.69) is 13.8 Å². The van der Waals surface area contributed by atoms with Gasteiger partial charge in [0.25, 0.3) is 0 Å². The molecular weight excluding hydrogens is 152 g/mol. The van der Waals surface area contributed by atoms with Crippen LogP contribution in [0.25, 0.3) is 0 Å². The van der Waals surface area contributed by atoms with Gasteiger partial charge in [0, 0.05) is 0 Å². The Labute approximate surface area is 74.3 Å². The fourth-order valence-electron chi connectivity index (χ4n) is 0.812. The molecule has 0 aromatic rings. The van der Waals surface area contributed by atoms with Crippen LogP contribution in [-0.2, 0) is 4.79 Å². The van der Waals surface area contributed by atoms with Gasteiger partial charge < -0.3 is 5.11 Å². The molecule has 12 heavy (non-hydrogen) atoms. The van der Waals surface area contributed by atoms with E-state index in [0.29, 0.717) is 5.92 Å². The Morgan fingerprint density at radius 2 is 2.00 bits per heavy atom. The molecule has 0 aromatic carbocycles. The molecule has 1 atom stereocenters. The SMILES string of the molecule is CC(C)CC/C=C\C(C)C(=O)O. The van der Waals surface area contributed by atoms with Gasteiger partial charge in [-0.3, -0.25) is 4.79 Å². The lowest BCUT2D eigenvalue weighted by Crippen LogP contribution is -2.05. The van der Waals surface area contributed by atoms with Crippen LogP contribution in [0.3, 0.4) is 0 Å². The van der Waals surface area contributed by atoms with Gasteiger partial charge in [-0.25, -0.2) is 0 Å². The van der Waals surface area contributed by atoms with Crippen molar-refractivity contribution in [1.82, 2.24) is 0 Å². The second-order valence-electron chi connectivity index (χ2n) is 3.53. The maximum absolute atomic E-state index is 10.4. The lowest BCUT2D eigenvalue weighted by atomic mass is 10.1. The van der Waals surface area contributed by atoms with Gasteiger partial charge in [0.2, 0.25) is 0 Å². The Balaban J connectivity index is 3.55. The molecule has 2 nitrogen and oxygen atoms in total. The van der Waals surface area contributed by atoms with Crippen molar-refractivity contribution in [3.63, 3.8) is 0 Å². The first-order valence-electron chi connectivity index (χ1n) is 4.43. The van der Waals surface area contributed by atoms with Crippen molar-refractivity contribution in [3.05, 3.63) is 12.2 Å². The molecule has 1 unspecified atom stereocenters. The normalized spacial score (nSPS) is 14.0. The molecule has 0 radical (unpaired) electrons. The van der Waals surface area contributed by atoms with Crippen LogP contribution in [0, 0.1) is 11.8 Å². The molecule has 0 saturated heterocycles. The number of carboxylic acids is 1. The van der Waals surface area contributed by atoms with Crippen molar-refractivity contribution < 1.29 is 9.90 Å². The third-order valence-corrected chi connectivity index (χ3v) is 1.72. The number of aliphatic carboxylic acids is 1. The topological polar surface area (TPSA) is 37.3 Å². The molecule has 0 amide bonds. The molecular formula is C10H18O2. The van der Waals surface area contributed by atoms with Crippen molar-refractivity contribution in [1.29, 1.82) is 0 Å². The summed E-state index contributed by atoms with van der Waals surface area (Å²) in [5, 5.41) is 8.54. The summed E-state index contributed by atoms with van der Waals surface area (Å²) >= 11 is 0. The van der Waals surface area contributed by atoms with E-state index in [1.807, 2.05) is 6.08 Å². The maximum atomic E-state index is 10.4. The van der Waals surface area contributed by atoms with Gasteiger partial charge >= 0.3 is 5.97 Å². The molecule has 0 saturated carbocycles. The van der Waals surface area contributed by atoms with Gasteiger partial charge in [-0.15, -0.1) is 0 Å². The van der Waals surface area contributed by atoms with Crippen LogP contribution >= 0.6 is 0 Å². The van der Waals surface area contributed by atoms with Crippen molar-refractivity contribution in [2.24, 2.45) is 11.8 Å². The largest absolute Gasteiger partial charge is 0.481 e. The number of carbonyl (C=O) groups is 1. The third-order valence-electron chi connectivity index (χ3n) is 1.72. The Kier molecular flexibility index (Phi) is 5.43. The number of allylic oxidation sites excluding steroid dienone is 1. The van der Waals surface area contributed by atoms with Crippen molar-refractivity contribution in [3.8, 4) is 0 Å². The summed E-state index contributed by atoms with van der Waals surface area (Å²) in [6.07, 6.45) is 5.82. The lowest BCUT2D eigenvalue weighted by Gasteiger charge is -2.00. The highest BCUT2D eigenvalue weighted by molar-refractivity contribution is 5.71. The zero-order chi connectivity index (χ0) is 9.56. The first kappa shape index (κ1) is 11.2. The van der Waals surface area contributed by atoms with Crippen LogP contribution < -0.4 is 0 Å². The standard InChI is InChI=1S/C10H18O2/c1-8(2)6-4-5-7-9(3)10(11)12/h5,7-9H,4,6H2,1-3H3,(H,11,12)/b7-5-. The summed E-state index contributed by atoms with van der Waals surface area (Å²) in [7, 11) is 0. The zero-order valence-corrected chi connectivity index (χ0v) is 8.08. The minimum atomic E-state index is -0.754. The monoisotopic (exact) mass is 170 g/mol. The van der Waals surface area contributed by atoms with Gasteiger partial charge in [-0.1, -0.05) is 26.0 Å². The predicted octanol–water partition coefficient (Wildman–Crippen LogP) is 2.70. The highest BCUT2D eigenvalue weighted by Crippen LogP contribution is 2.05.